The zero-order chi connectivity index (χ0) is 21.6. The molecule has 0 spiro atoms. The van der Waals surface area contributed by atoms with Gasteiger partial charge in [0.05, 0.1) is 3.79 Å². The number of aromatic amines is 1. The summed E-state index contributed by atoms with van der Waals surface area (Å²) in [6.45, 7) is 4.82. The Hall–Kier alpha value is -2.17. The van der Waals surface area contributed by atoms with Crippen LogP contribution in [0.1, 0.15) is 25.1 Å². The van der Waals surface area contributed by atoms with Crippen LogP contribution in [0.3, 0.4) is 0 Å². The van der Waals surface area contributed by atoms with Crippen molar-refractivity contribution in [3.8, 4) is 0 Å². The van der Waals surface area contributed by atoms with Crippen molar-refractivity contribution in [2.75, 3.05) is 30.9 Å². The molecule has 29 heavy (non-hydrogen) atoms. The van der Waals surface area contributed by atoms with E-state index >= 15 is 0 Å². The molecule has 0 bridgehead atoms. The van der Waals surface area contributed by atoms with Crippen LogP contribution in [0.25, 0.3) is 6.08 Å². The van der Waals surface area contributed by atoms with E-state index in [1.54, 1.807) is 13.2 Å². The normalized spacial score (nSPS) is 11.5. The van der Waals surface area contributed by atoms with Gasteiger partial charge in [0.25, 0.3) is 11.5 Å². The first-order valence-corrected chi connectivity index (χ1v) is 10.7. The molecule has 0 aliphatic rings. The van der Waals surface area contributed by atoms with Crippen molar-refractivity contribution in [2.24, 2.45) is 5.92 Å². The van der Waals surface area contributed by atoms with Crippen LogP contribution >= 0.6 is 27.3 Å². The lowest BCUT2D eigenvalue weighted by Gasteiger charge is -2.23. The highest BCUT2D eigenvalue weighted by Crippen LogP contribution is 2.24. The van der Waals surface area contributed by atoms with Gasteiger partial charge in [0.2, 0.25) is 0 Å². The number of anilines is 2. The minimum Gasteiger partial charge on any atom is -0.385 e. The van der Waals surface area contributed by atoms with Crippen LogP contribution in [-0.2, 0) is 16.1 Å². The maximum Gasteiger partial charge on any atom is 0.330 e. The number of H-pyrrole nitrogens is 1. The molecule has 158 valence electrons. The fraction of sp³-hybridized carbons (Fsp3) is 0.421. The third-order valence-electron chi connectivity index (χ3n) is 4.01. The number of nitrogens with one attached hydrogen (secondary N) is 1. The smallest absolute Gasteiger partial charge is 0.330 e. The van der Waals surface area contributed by atoms with Crippen molar-refractivity contribution in [3.63, 3.8) is 0 Å². The number of ether oxygens (including phenoxy) is 1. The van der Waals surface area contributed by atoms with Gasteiger partial charge in [-0.3, -0.25) is 19.1 Å². The molecule has 2 heterocycles. The molecule has 3 N–H and O–H groups in total. The van der Waals surface area contributed by atoms with Crippen LogP contribution in [0.4, 0.5) is 11.5 Å². The molecule has 0 radical (unpaired) electrons. The van der Waals surface area contributed by atoms with Crippen molar-refractivity contribution in [2.45, 2.75) is 26.8 Å². The molecule has 0 saturated heterocycles. The summed E-state index contributed by atoms with van der Waals surface area (Å²) in [5.74, 6) is -0.299. The van der Waals surface area contributed by atoms with Crippen molar-refractivity contribution in [1.82, 2.24) is 9.55 Å². The lowest BCUT2D eigenvalue weighted by molar-refractivity contribution is -0.114. The number of nitrogens with zero attached hydrogens (tertiary/aromatic N) is 2. The zero-order valence-corrected chi connectivity index (χ0v) is 19.0. The summed E-state index contributed by atoms with van der Waals surface area (Å²) >= 11 is 4.86. The maximum atomic E-state index is 12.9. The third-order valence-corrected chi connectivity index (χ3v) is 5.60. The second-order valence-electron chi connectivity index (χ2n) is 6.81. The lowest BCUT2D eigenvalue weighted by Crippen LogP contribution is -2.41. The predicted molar refractivity (Wildman–Crippen MR) is 120 cm³/mol. The standard InChI is InChI=1S/C19H25BrN4O4S/c1-12(2)11-24-17(21)16(18(26)22-19(24)27)23(9-4-10-28-3)15(25)8-6-13-5-7-14(20)29-13/h5-8,12H,4,9-11,21H2,1-3H3,(H,22,26,27)/b8-6+. The van der Waals surface area contributed by atoms with E-state index in [4.69, 9.17) is 10.5 Å². The molecule has 10 heteroatoms. The molecule has 2 aromatic heterocycles. The topological polar surface area (TPSA) is 110 Å². The lowest BCUT2D eigenvalue weighted by atomic mass is 10.2. The van der Waals surface area contributed by atoms with Crippen LogP contribution in [0.15, 0.2) is 31.6 Å². The fourth-order valence-corrected chi connectivity index (χ4v) is 4.07. The number of nitrogens with two attached hydrogens (primary N) is 1. The predicted octanol–water partition coefficient (Wildman–Crippen LogP) is 2.68. The van der Waals surface area contributed by atoms with Gasteiger partial charge < -0.3 is 15.4 Å². The fourth-order valence-electron chi connectivity index (χ4n) is 2.75. The molecule has 0 unspecified atom stereocenters. The average molecular weight is 485 g/mol. The van der Waals surface area contributed by atoms with Crippen LogP contribution in [-0.4, -0.2) is 35.7 Å². The van der Waals surface area contributed by atoms with Crippen molar-refractivity contribution >= 4 is 50.8 Å². The Morgan fingerprint density at radius 3 is 2.72 bits per heavy atom. The number of halogens is 1. The van der Waals surface area contributed by atoms with Gasteiger partial charge in [-0.25, -0.2) is 4.79 Å². The number of nitrogen functional groups attached to an aromatic ring is 1. The molecule has 0 fully saturated rings. The number of aromatic nitrogens is 2. The van der Waals surface area contributed by atoms with Crippen LogP contribution < -0.4 is 21.9 Å². The Morgan fingerprint density at radius 1 is 1.41 bits per heavy atom. The number of hydrogen-bond donors (Lipinski definition) is 2. The van der Waals surface area contributed by atoms with Crippen molar-refractivity contribution in [1.29, 1.82) is 0 Å². The second-order valence-corrected chi connectivity index (χ2v) is 9.30. The second kappa shape index (κ2) is 10.6. The number of rotatable bonds is 9. The highest BCUT2D eigenvalue weighted by atomic mass is 79.9. The molecular weight excluding hydrogens is 460 g/mol. The van der Waals surface area contributed by atoms with E-state index < -0.39 is 17.2 Å². The van der Waals surface area contributed by atoms with Gasteiger partial charge in [-0.05, 0) is 46.5 Å². The monoisotopic (exact) mass is 484 g/mol. The first-order chi connectivity index (χ1) is 13.7. The summed E-state index contributed by atoms with van der Waals surface area (Å²) in [7, 11) is 1.56. The Balaban J connectivity index is 2.45. The van der Waals surface area contributed by atoms with E-state index in [1.165, 1.54) is 26.9 Å². The molecule has 0 saturated carbocycles. The molecule has 2 aromatic rings. The minimum atomic E-state index is -0.689. The number of methoxy groups -OCH3 is 1. The number of amides is 1. The Morgan fingerprint density at radius 2 is 2.14 bits per heavy atom. The summed E-state index contributed by atoms with van der Waals surface area (Å²) in [4.78, 5) is 42.1. The molecule has 0 aliphatic carbocycles. The minimum absolute atomic E-state index is 0.0227. The number of hydrogen-bond acceptors (Lipinski definition) is 6. The van der Waals surface area contributed by atoms with E-state index in [0.29, 0.717) is 19.6 Å². The summed E-state index contributed by atoms with van der Waals surface area (Å²) in [5.41, 5.74) is 4.87. The summed E-state index contributed by atoms with van der Waals surface area (Å²) in [5, 5.41) is 0. The van der Waals surface area contributed by atoms with Crippen molar-refractivity contribution in [3.05, 3.63) is 47.7 Å². The van der Waals surface area contributed by atoms with E-state index in [-0.39, 0.29) is 24.0 Å². The summed E-state index contributed by atoms with van der Waals surface area (Å²) in [6.07, 6.45) is 3.57. The van der Waals surface area contributed by atoms with Crippen LogP contribution in [0, 0.1) is 5.92 Å². The van der Waals surface area contributed by atoms with Gasteiger partial charge in [0, 0.05) is 37.8 Å². The van der Waals surface area contributed by atoms with Gasteiger partial charge in [-0.2, -0.15) is 0 Å². The molecule has 0 aliphatic heterocycles. The Kier molecular flexibility index (Phi) is 8.42. The Labute approximate surface area is 181 Å². The number of thiophene rings is 1. The molecule has 2 rings (SSSR count). The number of carbonyl (C=O) groups excluding carboxylic acids is 1. The van der Waals surface area contributed by atoms with Gasteiger partial charge in [0.15, 0.2) is 5.69 Å². The molecule has 0 aromatic carbocycles. The van der Waals surface area contributed by atoms with E-state index in [0.717, 1.165) is 8.66 Å². The first kappa shape index (κ1) is 23.1. The molecule has 1 amide bonds. The van der Waals surface area contributed by atoms with E-state index in [2.05, 4.69) is 20.9 Å². The zero-order valence-electron chi connectivity index (χ0n) is 16.6. The third kappa shape index (κ3) is 6.15. The summed E-state index contributed by atoms with van der Waals surface area (Å²) in [6, 6.07) is 3.76. The van der Waals surface area contributed by atoms with Crippen molar-refractivity contribution < 1.29 is 9.53 Å². The SMILES string of the molecule is COCCCN(C(=O)/C=C/c1ccc(Br)s1)c1c(N)n(CC(C)C)c(=O)[nH]c1=O. The van der Waals surface area contributed by atoms with Crippen LogP contribution in [0.5, 0.6) is 0 Å². The molecule has 0 atom stereocenters. The van der Waals surface area contributed by atoms with Gasteiger partial charge >= 0.3 is 5.69 Å². The highest BCUT2D eigenvalue weighted by Gasteiger charge is 2.23. The van der Waals surface area contributed by atoms with Gasteiger partial charge in [0.1, 0.15) is 5.82 Å². The van der Waals surface area contributed by atoms with E-state index in [1.807, 2.05) is 26.0 Å². The van der Waals surface area contributed by atoms with Gasteiger partial charge in [-0.15, -0.1) is 11.3 Å². The van der Waals surface area contributed by atoms with Gasteiger partial charge in [-0.1, -0.05) is 13.8 Å². The quantitative estimate of drug-likeness (QED) is 0.419. The molecule has 8 nitrogen and oxygen atoms in total. The Bertz CT molecular complexity index is 993. The van der Waals surface area contributed by atoms with Crippen LogP contribution in [0.2, 0.25) is 0 Å². The highest BCUT2D eigenvalue weighted by molar-refractivity contribution is 9.11. The van der Waals surface area contributed by atoms with E-state index in [9.17, 15) is 14.4 Å². The molecular formula is C19H25BrN4O4S. The number of carbonyl (C=O) groups is 1. The largest absolute Gasteiger partial charge is 0.385 e. The maximum absolute atomic E-state index is 12.9. The average Bonchev–Trinajstić information content (AvgIpc) is 3.07. The summed E-state index contributed by atoms with van der Waals surface area (Å²) < 4.78 is 7.30. The first-order valence-electron chi connectivity index (χ1n) is 9.11.